The lowest BCUT2D eigenvalue weighted by Crippen LogP contribution is -2.29. The summed E-state index contributed by atoms with van der Waals surface area (Å²) in [5.41, 5.74) is 2.06. The van der Waals surface area contributed by atoms with Gasteiger partial charge in [-0.25, -0.2) is 0 Å². The number of ketones is 1. The third kappa shape index (κ3) is 4.66. The van der Waals surface area contributed by atoms with Crippen molar-refractivity contribution in [2.45, 2.75) is 25.9 Å². The molecule has 34 heavy (non-hydrogen) atoms. The van der Waals surface area contributed by atoms with Gasteiger partial charge < -0.3 is 19.5 Å². The largest absolute Gasteiger partial charge is 0.507 e. The second-order valence-corrected chi connectivity index (χ2v) is 8.06. The molecule has 0 bridgehead atoms. The second-order valence-electron chi connectivity index (χ2n) is 8.06. The van der Waals surface area contributed by atoms with Crippen LogP contribution in [0.2, 0.25) is 0 Å². The van der Waals surface area contributed by atoms with Gasteiger partial charge in [-0.2, -0.15) is 0 Å². The summed E-state index contributed by atoms with van der Waals surface area (Å²) in [6.07, 6.45) is 0.882. The van der Waals surface area contributed by atoms with Crippen LogP contribution in [-0.4, -0.2) is 35.4 Å². The summed E-state index contributed by atoms with van der Waals surface area (Å²) in [5.74, 6) is -0.315. The molecule has 1 amide bonds. The molecule has 6 heteroatoms. The fourth-order valence-corrected chi connectivity index (χ4v) is 4.07. The van der Waals surface area contributed by atoms with Crippen molar-refractivity contribution in [1.82, 2.24) is 4.90 Å². The maximum absolute atomic E-state index is 13.2. The minimum atomic E-state index is -0.758. The van der Waals surface area contributed by atoms with E-state index in [9.17, 15) is 14.7 Å². The van der Waals surface area contributed by atoms with Crippen molar-refractivity contribution in [1.29, 1.82) is 0 Å². The number of carbonyl (C=O) groups excluding carboxylic acids is 2. The average Bonchev–Trinajstić information content (AvgIpc) is 3.13. The second kappa shape index (κ2) is 10.3. The Hall–Kier alpha value is -4.06. The van der Waals surface area contributed by atoms with Crippen molar-refractivity contribution in [2.75, 3.05) is 13.7 Å². The highest BCUT2D eigenvalue weighted by molar-refractivity contribution is 6.46. The number of likely N-dealkylation sites (tertiary alicyclic amines) is 1. The SMILES string of the molecule is CCCOc1ccc(C(O)=C2C(=O)C(=O)N(Cc3ccccc3)C2c2cccc(OC)c2)cc1. The number of Topliss-reactive ketones (excluding diaryl/α,β-unsaturated/α-hetero) is 1. The molecule has 1 saturated heterocycles. The minimum Gasteiger partial charge on any atom is -0.507 e. The van der Waals surface area contributed by atoms with E-state index in [-0.39, 0.29) is 17.9 Å². The lowest BCUT2D eigenvalue weighted by atomic mass is 9.95. The Morgan fingerprint density at radius 3 is 2.35 bits per heavy atom. The number of ether oxygens (including phenoxy) is 2. The molecule has 0 radical (unpaired) electrons. The van der Waals surface area contributed by atoms with Crippen LogP contribution in [0, 0.1) is 0 Å². The van der Waals surface area contributed by atoms with Crippen LogP contribution in [0.25, 0.3) is 5.76 Å². The van der Waals surface area contributed by atoms with Crippen molar-refractivity contribution in [2.24, 2.45) is 0 Å². The zero-order valence-corrected chi connectivity index (χ0v) is 19.2. The Bertz CT molecular complexity index is 1200. The molecule has 0 saturated carbocycles. The van der Waals surface area contributed by atoms with E-state index in [1.807, 2.05) is 43.3 Å². The summed E-state index contributed by atoms with van der Waals surface area (Å²) >= 11 is 0. The third-order valence-corrected chi connectivity index (χ3v) is 5.75. The molecule has 1 heterocycles. The zero-order chi connectivity index (χ0) is 24.1. The smallest absolute Gasteiger partial charge is 0.295 e. The maximum Gasteiger partial charge on any atom is 0.295 e. The van der Waals surface area contributed by atoms with Crippen LogP contribution < -0.4 is 9.47 Å². The highest BCUT2D eigenvalue weighted by Gasteiger charge is 2.46. The van der Waals surface area contributed by atoms with Crippen LogP contribution in [0.4, 0.5) is 0 Å². The van der Waals surface area contributed by atoms with Crippen molar-refractivity contribution in [3.05, 3.63) is 101 Å². The van der Waals surface area contributed by atoms with Crippen LogP contribution >= 0.6 is 0 Å². The van der Waals surface area contributed by atoms with E-state index < -0.39 is 17.7 Å². The van der Waals surface area contributed by atoms with Gasteiger partial charge in [0.2, 0.25) is 0 Å². The molecule has 1 fully saturated rings. The van der Waals surface area contributed by atoms with Gasteiger partial charge in [0, 0.05) is 12.1 Å². The molecule has 1 atom stereocenters. The predicted molar refractivity (Wildman–Crippen MR) is 130 cm³/mol. The molecule has 0 aliphatic carbocycles. The monoisotopic (exact) mass is 457 g/mol. The topological polar surface area (TPSA) is 76.1 Å². The van der Waals surface area contributed by atoms with Crippen molar-refractivity contribution >= 4 is 17.4 Å². The van der Waals surface area contributed by atoms with E-state index in [2.05, 4.69) is 0 Å². The molecule has 6 nitrogen and oxygen atoms in total. The van der Waals surface area contributed by atoms with Gasteiger partial charge in [0.25, 0.3) is 11.7 Å². The van der Waals surface area contributed by atoms with Crippen LogP contribution in [0.3, 0.4) is 0 Å². The van der Waals surface area contributed by atoms with Crippen LogP contribution in [-0.2, 0) is 16.1 Å². The molecule has 0 spiro atoms. The summed E-state index contributed by atoms with van der Waals surface area (Å²) in [7, 11) is 1.56. The van der Waals surface area contributed by atoms with E-state index in [1.54, 1.807) is 49.6 Å². The number of hydrogen-bond donors (Lipinski definition) is 1. The Balaban J connectivity index is 1.80. The summed E-state index contributed by atoms with van der Waals surface area (Å²) < 4.78 is 11.0. The minimum absolute atomic E-state index is 0.0522. The molecule has 174 valence electrons. The Morgan fingerprint density at radius 1 is 0.941 bits per heavy atom. The maximum atomic E-state index is 13.2. The standard InChI is InChI=1S/C28H27NO5/c1-3-16-34-22-14-12-20(13-15-22)26(30)24-25(21-10-7-11-23(17-21)33-2)29(28(32)27(24)31)18-19-8-5-4-6-9-19/h4-15,17,25,30H,3,16,18H2,1-2H3. The van der Waals surface area contributed by atoms with E-state index in [0.717, 1.165) is 12.0 Å². The summed E-state index contributed by atoms with van der Waals surface area (Å²) in [6, 6.07) is 22.8. The first-order valence-corrected chi connectivity index (χ1v) is 11.2. The van der Waals surface area contributed by atoms with Crippen LogP contribution in [0.5, 0.6) is 11.5 Å². The highest BCUT2D eigenvalue weighted by atomic mass is 16.5. The first kappa shape index (κ1) is 23.1. The molecule has 0 aromatic heterocycles. The van der Waals surface area contributed by atoms with E-state index in [4.69, 9.17) is 9.47 Å². The summed E-state index contributed by atoms with van der Waals surface area (Å²) in [6.45, 7) is 2.84. The number of methoxy groups -OCH3 is 1. The van der Waals surface area contributed by atoms with Gasteiger partial charge in [0.05, 0.1) is 25.3 Å². The first-order valence-electron chi connectivity index (χ1n) is 11.2. The fraction of sp³-hybridized carbons (Fsp3) is 0.214. The number of carbonyl (C=O) groups is 2. The van der Waals surface area contributed by atoms with Crippen LogP contribution in [0.1, 0.15) is 36.1 Å². The van der Waals surface area contributed by atoms with E-state index in [0.29, 0.717) is 29.2 Å². The van der Waals surface area contributed by atoms with Crippen molar-refractivity contribution < 1.29 is 24.2 Å². The summed E-state index contributed by atoms with van der Waals surface area (Å²) in [5, 5.41) is 11.2. The van der Waals surface area contributed by atoms with Crippen LogP contribution in [0.15, 0.2) is 84.4 Å². The quantitative estimate of drug-likeness (QED) is 0.289. The normalized spacial score (nSPS) is 17.1. The average molecular weight is 458 g/mol. The molecule has 4 rings (SSSR count). The lowest BCUT2D eigenvalue weighted by Gasteiger charge is -2.25. The summed E-state index contributed by atoms with van der Waals surface area (Å²) in [4.78, 5) is 27.8. The molecule has 1 unspecified atom stereocenters. The molecular weight excluding hydrogens is 430 g/mol. The van der Waals surface area contributed by atoms with Gasteiger partial charge in [-0.1, -0.05) is 49.4 Å². The van der Waals surface area contributed by atoms with Gasteiger partial charge in [-0.3, -0.25) is 9.59 Å². The predicted octanol–water partition coefficient (Wildman–Crippen LogP) is 5.11. The highest BCUT2D eigenvalue weighted by Crippen LogP contribution is 2.41. The number of amides is 1. The molecular formula is C28H27NO5. The first-order chi connectivity index (χ1) is 16.5. The van der Waals surface area contributed by atoms with E-state index in [1.165, 1.54) is 4.90 Å². The third-order valence-electron chi connectivity index (χ3n) is 5.75. The van der Waals surface area contributed by atoms with Gasteiger partial charge >= 0.3 is 0 Å². The Kier molecular flexibility index (Phi) is 6.97. The van der Waals surface area contributed by atoms with Gasteiger partial charge in [-0.05, 0) is 53.9 Å². The molecule has 1 N–H and O–H groups in total. The molecule has 1 aliphatic heterocycles. The number of rotatable bonds is 8. The van der Waals surface area contributed by atoms with Crippen molar-refractivity contribution in [3.63, 3.8) is 0 Å². The zero-order valence-electron chi connectivity index (χ0n) is 19.2. The Labute approximate surface area is 199 Å². The Morgan fingerprint density at radius 2 is 1.68 bits per heavy atom. The number of nitrogens with zero attached hydrogens (tertiary/aromatic N) is 1. The van der Waals surface area contributed by atoms with E-state index >= 15 is 0 Å². The van der Waals surface area contributed by atoms with Gasteiger partial charge in [-0.15, -0.1) is 0 Å². The number of aliphatic hydroxyl groups is 1. The van der Waals surface area contributed by atoms with Gasteiger partial charge in [0.1, 0.15) is 17.3 Å². The molecule has 3 aromatic rings. The molecule has 1 aliphatic rings. The lowest BCUT2D eigenvalue weighted by molar-refractivity contribution is -0.140. The van der Waals surface area contributed by atoms with Crippen molar-refractivity contribution in [3.8, 4) is 11.5 Å². The van der Waals surface area contributed by atoms with Gasteiger partial charge in [0.15, 0.2) is 0 Å². The molecule has 3 aromatic carbocycles. The number of hydrogen-bond acceptors (Lipinski definition) is 5. The fourth-order valence-electron chi connectivity index (χ4n) is 4.07. The number of benzene rings is 3. The number of aliphatic hydroxyl groups excluding tert-OH is 1.